The van der Waals surface area contributed by atoms with Crippen LogP contribution in [-0.2, 0) is 18.4 Å². The highest BCUT2D eigenvalue weighted by atomic mass is 35.5. The number of aromatic nitrogens is 2. The van der Waals surface area contributed by atoms with Crippen LogP contribution in [0.5, 0.6) is 5.75 Å². The molecule has 0 radical (unpaired) electrons. The predicted molar refractivity (Wildman–Crippen MR) is 122 cm³/mol. The second kappa shape index (κ2) is 8.77. The van der Waals surface area contributed by atoms with Crippen LogP contribution in [0.25, 0.3) is 11.3 Å². The van der Waals surface area contributed by atoms with Crippen molar-refractivity contribution in [2.75, 3.05) is 19.6 Å². The van der Waals surface area contributed by atoms with Crippen LogP contribution in [-0.4, -0.2) is 46.1 Å². The Balaban J connectivity index is 1.41. The van der Waals surface area contributed by atoms with Crippen molar-refractivity contribution in [3.8, 4) is 17.0 Å². The highest BCUT2D eigenvalue weighted by molar-refractivity contribution is 6.31. The molecule has 1 aromatic heterocycles. The Morgan fingerprint density at radius 1 is 1.22 bits per heavy atom. The Morgan fingerprint density at radius 2 is 2.00 bits per heavy atom. The number of hydrogen-bond donors (Lipinski definition) is 1. The SMILES string of the molecule is Cn1nc(C(=O)N(CC(=O)NCC2CC2)CC2CCCC2)c2c1-c1cc(Cl)ccc1OC2. The first-order valence-corrected chi connectivity index (χ1v) is 11.9. The summed E-state index contributed by atoms with van der Waals surface area (Å²) in [5.41, 5.74) is 2.79. The van der Waals surface area contributed by atoms with E-state index < -0.39 is 0 Å². The lowest BCUT2D eigenvalue weighted by Crippen LogP contribution is -2.43. The molecule has 2 fully saturated rings. The van der Waals surface area contributed by atoms with Crippen molar-refractivity contribution in [3.05, 3.63) is 34.5 Å². The normalized spacial score (nSPS) is 17.4. The van der Waals surface area contributed by atoms with Gasteiger partial charge in [-0.25, -0.2) is 0 Å². The van der Waals surface area contributed by atoms with Gasteiger partial charge in [0.2, 0.25) is 5.91 Å². The number of nitrogens with zero attached hydrogens (tertiary/aromatic N) is 3. The maximum Gasteiger partial charge on any atom is 0.275 e. The summed E-state index contributed by atoms with van der Waals surface area (Å²) in [7, 11) is 1.83. The summed E-state index contributed by atoms with van der Waals surface area (Å²) in [4.78, 5) is 28.0. The molecule has 3 aliphatic rings. The van der Waals surface area contributed by atoms with Crippen LogP contribution in [0.4, 0.5) is 0 Å². The highest BCUT2D eigenvalue weighted by Crippen LogP contribution is 2.40. The predicted octanol–water partition coefficient (Wildman–Crippen LogP) is 3.79. The fourth-order valence-corrected chi connectivity index (χ4v) is 5.03. The first kappa shape index (κ1) is 21.3. The highest BCUT2D eigenvalue weighted by Gasteiger charge is 2.33. The first-order chi connectivity index (χ1) is 15.5. The minimum absolute atomic E-state index is 0.0661. The molecule has 1 aliphatic heterocycles. The Labute approximate surface area is 193 Å². The van der Waals surface area contributed by atoms with Gasteiger partial charge >= 0.3 is 0 Å². The maximum absolute atomic E-state index is 13.7. The quantitative estimate of drug-likeness (QED) is 0.687. The van der Waals surface area contributed by atoms with Gasteiger partial charge in [0, 0.05) is 36.3 Å². The number of fused-ring (bicyclic) bond motifs is 3. The molecule has 170 valence electrons. The number of rotatable bonds is 7. The van der Waals surface area contributed by atoms with Gasteiger partial charge in [-0.2, -0.15) is 5.10 Å². The number of hydrogen-bond acceptors (Lipinski definition) is 4. The van der Waals surface area contributed by atoms with E-state index in [1.54, 1.807) is 15.6 Å². The van der Waals surface area contributed by atoms with E-state index in [0.717, 1.165) is 35.4 Å². The van der Waals surface area contributed by atoms with Gasteiger partial charge in [0.15, 0.2) is 5.69 Å². The van der Waals surface area contributed by atoms with Gasteiger partial charge in [-0.05, 0) is 55.7 Å². The zero-order chi connectivity index (χ0) is 22.2. The number of ether oxygens (including phenoxy) is 1. The molecule has 0 bridgehead atoms. The molecule has 32 heavy (non-hydrogen) atoms. The largest absolute Gasteiger partial charge is 0.488 e. The molecule has 2 aromatic rings. The zero-order valence-corrected chi connectivity index (χ0v) is 19.2. The number of carbonyl (C=O) groups is 2. The van der Waals surface area contributed by atoms with Gasteiger partial charge in [0.05, 0.1) is 12.2 Å². The molecule has 0 spiro atoms. The molecule has 8 heteroatoms. The molecule has 1 aromatic carbocycles. The summed E-state index contributed by atoms with van der Waals surface area (Å²) in [6.45, 7) is 1.62. The molecule has 0 atom stereocenters. The summed E-state index contributed by atoms with van der Waals surface area (Å²) in [5.74, 6) is 1.47. The number of amides is 2. The lowest BCUT2D eigenvalue weighted by Gasteiger charge is -2.25. The summed E-state index contributed by atoms with van der Waals surface area (Å²) in [5, 5.41) is 8.18. The van der Waals surface area contributed by atoms with Gasteiger partial charge in [0.25, 0.3) is 5.91 Å². The third-order valence-corrected chi connectivity index (χ3v) is 7.01. The first-order valence-electron chi connectivity index (χ1n) is 11.5. The van der Waals surface area contributed by atoms with Crippen LogP contribution in [0.3, 0.4) is 0 Å². The Bertz CT molecular complexity index is 1040. The van der Waals surface area contributed by atoms with Gasteiger partial charge in [-0.3, -0.25) is 14.3 Å². The molecule has 2 saturated carbocycles. The van der Waals surface area contributed by atoms with Crippen molar-refractivity contribution < 1.29 is 14.3 Å². The molecule has 5 rings (SSSR count). The Hall–Kier alpha value is -2.54. The lowest BCUT2D eigenvalue weighted by molar-refractivity contribution is -0.122. The van der Waals surface area contributed by atoms with Crippen LogP contribution in [0.1, 0.15) is 54.6 Å². The van der Waals surface area contributed by atoms with Crippen molar-refractivity contribution >= 4 is 23.4 Å². The zero-order valence-electron chi connectivity index (χ0n) is 18.4. The topological polar surface area (TPSA) is 76.5 Å². The monoisotopic (exact) mass is 456 g/mol. The van der Waals surface area contributed by atoms with Crippen LogP contribution in [0.2, 0.25) is 5.02 Å². The van der Waals surface area contributed by atoms with Crippen LogP contribution < -0.4 is 10.1 Å². The average Bonchev–Trinajstić information content (AvgIpc) is 3.35. The van der Waals surface area contributed by atoms with Crippen molar-refractivity contribution in [2.24, 2.45) is 18.9 Å². The molecule has 7 nitrogen and oxygen atoms in total. The van der Waals surface area contributed by atoms with Crippen LogP contribution >= 0.6 is 11.6 Å². The fourth-order valence-electron chi connectivity index (χ4n) is 4.86. The molecule has 2 amide bonds. The van der Waals surface area contributed by atoms with Crippen LogP contribution in [0.15, 0.2) is 18.2 Å². The third kappa shape index (κ3) is 4.35. The Kier molecular flexibility index (Phi) is 5.84. The summed E-state index contributed by atoms with van der Waals surface area (Å²) in [6, 6.07) is 5.47. The number of nitrogens with one attached hydrogen (secondary N) is 1. The van der Waals surface area contributed by atoms with E-state index in [-0.39, 0.29) is 25.0 Å². The van der Waals surface area contributed by atoms with E-state index in [0.29, 0.717) is 35.6 Å². The van der Waals surface area contributed by atoms with E-state index in [2.05, 4.69) is 10.4 Å². The molecule has 0 saturated heterocycles. The Morgan fingerprint density at radius 3 is 2.75 bits per heavy atom. The molecule has 2 heterocycles. The molecular weight excluding hydrogens is 428 g/mol. The molecular formula is C24H29ClN4O3. The molecule has 1 N–H and O–H groups in total. The van der Waals surface area contributed by atoms with Crippen molar-refractivity contribution in [1.82, 2.24) is 20.0 Å². The van der Waals surface area contributed by atoms with Crippen LogP contribution in [0, 0.1) is 11.8 Å². The number of aryl methyl sites for hydroxylation is 1. The number of benzene rings is 1. The van der Waals surface area contributed by atoms with Crippen molar-refractivity contribution in [1.29, 1.82) is 0 Å². The minimum Gasteiger partial charge on any atom is -0.488 e. The second-order valence-electron chi connectivity index (χ2n) is 9.31. The van der Waals surface area contributed by atoms with E-state index in [4.69, 9.17) is 16.3 Å². The van der Waals surface area contributed by atoms with E-state index in [9.17, 15) is 9.59 Å². The standard InChI is InChI=1S/C24H29ClN4O3/c1-28-23-18-10-17(25)8-9-20(18)32-14-19(23)22(27-28)24(31)29(12-16-4-2-3-5-16)13-21(30)26-11-15-6-7-15/h8-10,15-16H,2-7,11-14H2,1H3,(H,26,30). The number of carbonyl (C=O) groups excluding carboxylic acids is 2. The average molecular weight is 457 g/mol. The fraction of sp³-hybridized carbons (Fsp3) is 0.542. The van der Waals surface area contributed by atoms with E-state index >= 15 is 0 Å². The number of halogens is 1. The molecule has 0 unspecified atom stereocenters. The van der Waals surface area contributed by atoms with Gasteiger partial charge in [0.1, 0.15) is 12.4 Å². The van der Waals surface area contributed by atoms with Crippen molar-refractivity contribution in [2.45, 2.75) is 45.1 Å². The summed E-state index contributed by atoms with van der Waals surface area (Å²) in [6.07, 6.45) is 6.93. The van der Waals surface area contributed by atoms with Gasteiger partial charge in [-0.1, -0.05) is 24.4 Å². The van der Waals surface area contributed by atoms with Crippen molar-refractivity contribution in [3.63, 3.8) is 0 Å². The van der Waals surface area contributed by atoms with Gasteiger partial charge in [-0.15, -0.1) is 0 Å². The van der Waals surface area contributed by atoms with E-state index in [1.165, 1.54) is 25.7 Å². The summed E-state index contributed by atoms with van der Waals surface area (Å²) >= 11 is 6.22. The smallest absolute Gasteiger partial charge is 0.275 e. The second-order valence-corrected chi connectivity index (χ2v) is 9.75. The van der Waals surface area contributed by atoms with E-state index in [1.807, 2.05) is 19.2 Å². The third-order valence-electron chi connectivity index (χ3n) is 6.78. The maximum atomic E-state index is 13.7. The summed E-state index contributed by atoms with van der Waals surface area (Å²) < 4.78 is 7.64. The van der Waals surface area contributed by atoms with Gasteiger partial charge < -0.3 is 15.0 Å². The lowest BCUT2D eigenvalue weighted by atomic mass is 10.0. The minimum atomic E-state index is -0.204. The molecule has 2 aliphatic carbocycles.